The molecule has 1 heterocycles. The molecule has 0 unspecified atom stereocenters. The van der Waals surface area contributed by atoms with E-state index >= 15 is 0 Å². The molecule has 1 saturated heterocycles. The number of hydrogen-bond acceptors (Lipinski definition) is 2. The number of urea groups is 1. The molecule has 0 saturated carbocycles. The summed E-state index contributed by atoms with van der Waals surface area (Å²) in [5, 5.41) is 3.09. The Labute approximate surface area is 154 Å². The third-order valence-corrected chi connectivity index (χ3v) is 4.92. The zero-order valence-corrected chi connectivity index (χ0v) is 15.6. The van der Waals surface area contributed by atoms with Gasteiger partial charge in [0.05, 0.1) is 5.69 Å². The van der Waals surface area contributed by atoms with Crippen LogP contribution in [0, 0.1) is 12.7 Å². The SMILES string of the molecule is Cc1cccc(C(C)C)c1NC(=O)N1CCN(c2ccccc2F)CC1. The fourth-order valence-electron chi connectivity index (χ4n) is 3.39. The number of anilines is 2. The van der Waals surface area contributed by atoms with Crippen LogP contribution in [-0.2, 0) is 0 Å². The largest absolute Gasteiger partial charge is 0.366 e. The topological polar surface area (TPSA) is 35.6 Å². The first-order valence-electron chi connectivity index (χ1n) is 9.12. The van der Waals surface area contributed by atoms with Crippen molar-refractivity contribution >= 4 is 17.4 Å². The van der Waals surface area contributed by atoms with Gasteiger partial charge in [-0.2, -0.15) is 0 Å². The molecule has 4 nitrogen and oxygen atoms in total. The number of aryl methyl sites for hydroxylation is 1. The van der Waals surface area contributed by atoms with Gasteiger partial charge in [-0.3, -0.25) is 0 Å². The highest BCUT2D eigenvalue weighted by Gasteiger charge is 2.23. The summed E-state index contributed by atoms with van der Waals surface area (Å²) in [6.07, 6.45) is 0. The molecule has 1 aliphatic rings. The van der Waals surface area contributed by atoms with Gasteiger partial charge in [0.1, 0.15) is 5.82 Å². The number of carbonyl (C=O) groups is 1. The minimum absolute atomic E-state index is 0.0885. The summed E-state index contributed by atoms with van der Waals surface area (Å²) >= 11 is 0. The number of nitrogens with zero attached hydrogens (tertiary/aromatic N) is 2. The number of halogens is 1. The highest BCUT2D eigenvalue weighted by Crippen LogP contribution is 2.28. The Hall–Kier alpha value is -2.56. The number of piperazine rings is 1. The van der Waals surface area contributed by atoms with Gasteiger partial charge in [-0.25, -0.2) is 9.18 Å². The van der Waals surface area contributed by atoms with E-state index in [2.05, 4.69) is 25.2 Å². The second-order valence-corrected chi connectivity index (χ2v) is 7.05. The minimum atomic E-state index is -0.216. The van der Waals surface area contributed by atoms with Crippen molar-refractivity contribution in [2.24, 2.45) is 0 Å². The summed E-state index contributed by atoms with van der Waals surface area (Å²) in [7, 11) is 0. The van der Waals surface area contributed by atoms with Crippen LogP contribution >= 0.6 is 0 Å². The number of amides is 2. The van der Waals surface area contributed by atoms with Crippen molar-refractivity contribution < 1.29 is 9.18 Å². The lowest BCUT2D eigenvalue weighted by Gasteiger charge is -2.36. The Balaban J connectivity index is 1.66. The van der Waals surface area contributed by atoms with E-state index in [-0.39, 0.29) is 11.8 Å². The van der Waals surface area contributed by atoms with E-state index in [1.807, 2.05) is 30.0 Å². The first-order valence-corrected chi connectivity index (χ1v) is 9.12. The molecule has 26 heavy (non-hydrogen) atoms. The summed E-state index contributed by atoms with van der Waals surface area (Å²) < 4.78 is 13.9. The van der Waals surface area contributed by atoms with E-state index < -0.39 is 0 Å². The van der Waals surface area contributed by atoms with Crippen LogP contribution in [0.1, 0.15) is 30.9 Å². The van der Waals surface area contributed by atoms with Crippen molar-refractivity contribution in [3.63, 3.8) is 0 Å². The Morgan fingerprint density at radius 2 is 1.73 bits per heavy atom. The lowest BCUT2D eigenvalue weighted by Crippen LogP contribution is -2.50. The second-order valence-electron chi connectivity index (χ2n) is 7.05. The van der Waals surface area contributed by atoms with Crippen LogP contribution in [0.4, 0.5) is 20.6 Å². The number of carbonyl (C=O) groups excluding carboxylic acids is 1. The number of rotatable bonds is 3. The van der Waals surface area contributed by atoms with Crippen LogP contribution in [0.2, 0.25) is 0 Å². The quantitative estimate of drug-likeness (QED) is 0.872. The highest BCUT2D eigenvalue weighted by molar-refractivity contribution is 5.91. The maximum absolute atomic E-state index is 13.9. The molecule has 0 radical (unpaired) electrons. The monoisotopic (exact) mass is 355 g/mol. The molecular weight excluding hydrogens is 329 g/mol. The zero-order valence-electron chi connectivity index (χ0n) is 15.6. The Morgan fingerprint density at radius 3 is 2.38 bits per heavy atom. The molecule has 2 aromatic carbocycles. The van der Waals surface area contributed by atoms with Crippen LogP contribution in [0.25, 0.3) is 0 Å². The molecule has 0 aliphatic carbocycles. The fraction of sp³-hybridized carbons (Fsp3) is 0.381. The van der Waals surface area contributed by atoms with Gasteiger partial charge >= 0.3 is 6.03 Å². The average molecular weight is 355 g/mol. The zero-order chi connectivity index (χ0) is 18.7. The molecule has 0 bridgehead atoms. The summed E-state index contributed by atoms with van der Waals surface area (Å²) in [6, 6.07) is 12.8. The molecule has 1 N–H and O–H groups in total. The molecule has 2 aromatic rings. The van der Waals surface area contributed by atoms with E-state index in [1.54, 1.807) is 17.0 Å². The van der Waals surface area contributed by atoms with Crippen molar-refractivity contribution in [3.8, 4) is 0 Å². The van der Waals surface area contributed by atoms with Gasteiger partial charge in [-0.05, 0) is 36.1 Å². The molecule has 138 valence electrons. The Morgan fingerprint density at radius 1 is 1.04 bits per heavy atom. The number of benzene rings is 2. The third-order valence-electron chi connectivity index (χ3n) is 4.92. The molecule has 3 rings (SSSR count). The van der Waals surface area contributed by atoms with Gasteiger partial charge < -0.3 is 15.1 Å². The van der Waals surface area contributed by atoms with Crippen LogP contribution < -0.4 is 10.2 Å². The standard InChI is InChI=1S/C21H26FN3O/c1-15(2)17-8-6-7-16(3)20(17)23-21(26)25-13-11-24(12-14-25)19-10-5-4-9-18(19)22/h4-10,15H,11-14H2,1-3H3,(H,23,26). The van der Waals surface area contributed by atoms with Gasteiger partial charge in [0.25, 0.3) is 0 Å². The summed E-state index contributed by atoms with van der Waals surface area (Å²) in [6.45, 7) is 8.65. The Bertz CT molecular complexity index is 783. The number of hydrogen-bond donors (Lipinski definition) is 1. The van der Waals surface area contributed by atoms with Crippen LogP contribution in [0.15, 0.2) is 42.5 Å². The second kappa shape index (κ2) is 7.77. The van der Waals surface area contributed by atoms with E-state index in [1.165, 1.54) is 6.07 Å². The van der Waals surface area contributed by atoms with Crippen molar-refractivity contribution in [2.45, 2.75) is 26.7 Å². The maximum Gasteiger partial charge on any atom is 0.321 e. The van der Waals surface area contributed by atoms with E-state index in [4.69, 9.17) is 0 Å². The first-order chi connectivity index (χ1) is 12.5. The highest BCUT2D eigenvalue weighted by atomic mass is 19.1. The van der Waals surface area contributed by atoms with Gasteiger partial charge in [0.2, 0.25) is 0 Å². The Kier molecular flexibility index (Phi) is 5.45. The molecule has 5 heteroatoms. The van der Waals surface area contributed by atoms with E-state index in [0.29, 0.717) is 37.8 Å². The van der Waals surface area contributed by atoms with Gasteiger partial charge in [-0.15, -0.1) is 0 Å². The molecule has 0 atom stereocenters. The molecule has 0 spiro atoms. The van der Waals surface area contributed by atoms with Crippen molar-refractivity contribution in [2.75, 3.05) is 36.4 Å². The fourth-order valence-corrected chi connectivity index (χ4v) is 3.39. The lowest BCUT2D eigenvalue weighted by molar-refractivity contribution is 0.208. The van der Waals surface area contributed by atoms with Crippen molar-refractivity contribution in [1.82, 2.24) is 4.90 Å². The molecule has 1 aliphatic heterocycles. The molecule has 0 aromatic heterocycles. The van der Waals surface area contributed by atoms with Gasteiger partial charge in [-0.1, -0.05) is 44.2 Å². The maximum atomic E-state index is 13.9. The average Bonchev–Trinajstić information content (AvgIpc) is 2.63. The third kappa shape index (κ3) is 3.82. The van der Waals surface area contributed by atoms with E-state index in [9.17, 15) is 9.18 Å². The van der Waals surface area contributed by atoms with E-state index in [0.717, 1.165) is 16.8 Å². The van der Waals surface area contributed by atoms with Crippen LogP contribution in [0.5, 0.6) is 0 Å². The minimum Gasteiger partial charge on any atom is -0.366 e. The van der Waals surface area contributed by atoms with Gasteiger partial charge in [0, 0.05) is 31.9 Å². The van der Waals surface area contributed by atoms with Crippen LogP contribution in [-0.4, -0.2) is 37.1 Å². The predicted molar refractivity (Wildman–Crippen MR) is 104 cm³/mol. The molecule has 2 amide bonds. The predicted octanol–water partition coefficient (Wildman–Crippen LogP) is 4.61. The molecular formula is C21H26FN3O. The van der Waals surface area contributed by atoms with Crippen molar-refractivity contribution in [1.29, 1.82) is 0 Å². The first kappa shape index (κ1) is 18.2. The summed E-state index contributed by atoms with van der Waals surface area (Å²) in [4.78, 5) is 16.5. The summed E-state index contributed by atoms with van der Waals surface area (Å²) in [5.74, 6) is 0.120. The number of para-hydroxylation sites is 2. The van der Waals surface area contributed by atoms with Crippen LogP contribution in [0.3, 0.4) is 0 Å². The van der Waals surface area contributed by atoms with Gasteiger partial charge in [0.15, 0.2) is 0 Å². The normalized spacial score (nSPS) is 14.7. The number of nitrogens with one attached hydrogen (secondary N) is 1. The summed E-state index contributed by atoms with van der Waals surface area (Å²) in [5.41, 5.74) is 3.72. The molecule has 1 fully saturated rings. The van der Waals surface area contributed by atoms with Crippen molar-refractivity contribution in [3.05, 3.63) is 59.4 Å². The lowest BCUT2D eigenvalue weighted by atomic mass is 9.98. The smallest absolute Gasteiger partial charge is 0.321 e.